The molecule has 2 atom stereocenters. The molecule has 20 heavy (non-hydrogen) atoms. The van der Waals surface area contributed by atoms with Gasteiger partial charge in [0.1, 0.15) is 5.75 Å². The molecule has 1 aliphatic rings. The first-order valence-corrected chi connectivity index (χ1v) is 6.56. The monoisotopic (exact) mass is 277 g/mol. The second-order valence-corrected chi connectivity index (χ2v) is 5.22. The first kappa shape index (κ1) is 14.3. The van der Waals surface area contributed by atoms with Crippen LogP contribution in [0.15, 0.2) is 18.2 Å². The number of ether oxygens (including phenoxy) is 1. The molecule has 0 fully saturated rings. The normalized spacial score (nSPS) is 18.9. The minimum atomic E-state index is -0.572. The Morgan fingerprint density at radius 1 is 1.45 bits per heavy atom. The molecule has 2 rings (SSSR count). The van der Waals surface area contributed by atoms with Crippen molar-refractivity contribution in [2.75, 3.05) is 10.6 Å². The number of benzene rings is 1. The van der Waals surface area contributed by atoms with Crippen molar-refractivity contribution in [2.24, 2.45) is 11.7 Å². The van der Waals surface area contributed by atoms with Gasteiger partial charge in [0.2, 0.25) is 5.91 Å². The largest absolute Gasteiger partial charge is 0.479 e. The van der Waals surface area contributed by atoms with Gasteiger partial charge in [-0.2, -0.15) is 0 Å². The molecule has 6 nitrogen and oxygen atoms in total. The molecule has 0 spiro atoms. The first-order valence-electron chi connectivity index (χ1n) is 6.56. The highest BCUT2D eigenvalue weighted by Crippen LogP contribution is 2.32. The van der Waals surface area contributed by atoms with Crippen LogP contribution in [0.2, 0.25) is 0 Å². The molecule has 0 bridgehead atoms. The van der Waals surface area contributed by atoms with Crippen molar-refractivity contribution in [3.05, 3.63) is 18.2 Å². The van der Waals surface area contributed by atoms with Crippen LogP contribution in [-0.4, -0.2) is 24.0 Å². The first-order chi connectivity index (χ1) is 9.38. The second-order valence-electron chi connectivity index (χ2n) is 5.22. The van der Waals surface area contributed by atoms with Gasteiger partial charge in [0, 0.05) is 5.69 Å². The van der Waals surface area contributed by atoms with E-state index in [9.17, 15) is 9.59 Å². The van der Waals surface area contributed by atoms with Crippen LogP contribution in [0.3, 0.4) is 0 Å². The number of fused-ring (bicyclic) bond motifs is 1. The molecular weight excluding hydrogens is 258 g/mol. The quantitative estimate of drug-likeness (QED) is 0.777. The summed E-state index contributed by atoms with van der Waals surface area (Å²) in [5, 5.41) is 5.46. The van der Waals surface area contributed by atoms with E-state index in [0.717, 1.165) is 0 Å². The van der Waals surface area contributed by atoms with Crippen molar-refractivity contribution in [3.63, 3.8) is 0 Å². The highest BCUT2D eigenvalue weighted by atomic mass is 16.5. The third kappa shape index (κ3) is 2.91. The summed E-state index contributed by atoms with van der Waals surface area (Å²) in [4.78, 5) is 23.4. The minimum Gasteiger partial charge on any atom is -0.479 e. The smallest absolute Gasteiger partial charge is 0.265 e. The lowest BCUT2D eigenvalue weighted by Crippen LogP contribution is -2.39. The number of carbonyl (C=O) groups is 2. The molecule has 0 aliphatic carbocycles. The van der Waals surface area contributed by atoms with E-state index in [4.69, 9.17) is 10.5 Å². The molecule has 6 heteroatoms. The molecule has 1 aromatic carbocycles. The number of hydrogen-bond acceptors (Lipinski definition) is 4. The van der Waals surface area contributed by atoms with Gasteiger partial charge in [-0.05, 0) is 31.0 Å². The van der Waals surface area contributed by atoms with E-state index in [2.05, 4.69) is 10.6 Å². The predicted molar refractivity (Wildman–Crippen MR) is 76.6 cm³/mol. The van der Waals surface area contributed by atoms with E-state index < -0.39 is 12.1 Å². The van der Waals surface area contributed by atoms with Crippen LogP contribution in [0.25, 0.3) is 0 Å². The standard InChI is InChI=1S/C14H19N3O3/c1-7(2)12(15)14(19)16-9-4-5-11-10(6-9)17-13(18)8(3)20-11/h4-8,12H,15H2,1-3H3,(H,16,19)(H,17,18). The average Bonchev–Trinajstić information content (AvgIpc) is 2.39. The predicted octanol–water partition coefficient (Wildman–Crippen LogP) is 1.33. The van der Waals surface area contributed by atoms with Gasteiger partial charge in [0.05, 0.1) is 11.7 Å². The Labute approximate surface area is 117 Å². The second kappa shape index (κ2) is 5.50. The van der Waals surface area contributed by atoms with Crippen LogP contribution < -0.4 is 21.1 Å². The average molecular weight is 277 g/mol. The number of amides is 2. The topological polar surface area (TPSA) is 93.4 Å². The molecule has 108 valence electrons. The van der Waals surface area contributed by atoms with E-state index in [1.165, 1.54) is 0 Å². The number of carbonyl (C=O) groups excluding carboxylic acids is 2. The van der Waals surface area contributed by atoms with E-state index in [1.54, 1.807) is 25.1 Å². The highest BCUT2D eigenvalue weighted by molar-refractivity contribution is 6.00. The lowest BCUT2D eigenvalue weighted by Gasteiger charge is -2.24. The maximum Gasteiger partial charge on any atom is 0.265 e. The Hall–Kier alpha value is -2.08. The third-order valence-electron chi connectivity index (χ3n) is 3.20. The van der Waals surface area contributed by atoms with E-state index in [1.807, 2.05) is 13.8 Å². The van der Waals surface area contributed by atoms with Crippen LogP contribution in [0, 0.1) is 5.92 Å². The summed E-state index contributed by atoms with van der Waals surface area (Å²) in [5.41, 5.74) is 6.90. The molecule has 0 saturated heterocycles. The lowest BCUT2D eigenvalue weighted by atomic mass is 10.0. The fourth-order valence-electron chi connectivity index (χ4n) is 1.81. The van der Waals surface area contributed by atoms with Gasteiger partial charge in [-0.15, -0.1) is 0 Å². The van der Waals surface area contributed by atoms with Crippen molar-refractivity contribution < 1.29 is 14.3 Å². The summed E-state index contributed by atoms with van der Waals surface area (Å²) in [6, 6.07) is 4.51. The van der Waals surface area contributed by atoms with Gasteiger partial charge >= 0.3 is 0 Å². The SMILES string of the molecule is CC1Oc2ccc(NC(=O)C(N)C(C)C)cc2NC1=O. The molecule has 2 amide bonds. The van der Waals surface area contributed by atoms with Gasteiger partial charge in [0.25, 0.3) is 5.91 Å². The van der Waals surface area contributed by atoms with Crippen molar-refractivity contribution in [3.8, 4) is 5.75 Å². The van der Waals surface area contributed by atoms with Crippen LogP contribution in [0.5, 0.6) is 5.75 Å². The number of nitrogens with two attached hydrogens (primary N) is 1. The Morgan fingerprint density at radius 3 is 2.80 bits per heavy atom. The van der Waals surface area contributed by atoms with Gasteiger partial charge in [0.15, 0.2) is 6.10 Å². The number of hydrogen-bond donors (Lipinski definition) is 3. The van der Waals surface area contributed by atoms with Gasteiger partial charge in [-0.3, -0.25) is 9.59 Å². The van der Waals surface area contributed by atoms with Gasteiger partial charge in [-0.1, -0.05) is 13.8 Å². The fourth-order valence-corrected chi connectivity index (χ4v) is 1.81. The van der Waals surface area contributed by atoms with Crippen LogP contribution in [0.1, 0.15) is 20.8 Å². The van der Waals surface area contributed by atoms with E-state index in [0.29, 0.717) is 17.1 Å². The highest BCUT2D eigenvalue weighted by Gasteiger charge is 2.24. The third-order valence-corrected chi connectivity index (χ3v) is 3.20. The molecule has 4 N–H and O–H groups in total. The lowest BCUT2D eigenvalue weighted by molar-refractivity contribution is -0.122. The van der Waals surface area contributed by atoms with Crippen molar-refractivity contribution in [2.45, 2.75) is 32.9 Å². The number of nitrogens with one attached hydrogen (secondary N) is 2. The zero-order valence-corrected chi connectivity index (χ0v) is 11.8. The molecular formula is C14H19N3O3. The number of anilines is 2. The summed E-state index contributed by atoms with van der Waals surface area (Å²) in [7, 11) is 0. The van der Waals surface area contributed by atoms with Crippen LogP contribution in [0.4, 0.5) is 11.4 Å². The minimum absolute atomic E-state index is 0.0523. The van der Waals surface area contributed by atoms with Crippen LogP contribution in [-0.2, 0) is 9.59 Å². The number of rotatable bonds is 3. The van der Waals surface area contributed by atoms with E-state index in [-0.39, 0.29) is 17.7 Å². The van der Waals surface area contributed by atoms with Gasteiger partial charge in [-0.25, -0.2) is 0 Å². The Morgan fingerprint density at radius 2 is 2.15 bits per heavy atom. The summed E-state index contributed by atoms with van der Waals surface area (Å²) in [5.74, 6) is 0.177. The Kier molecular flexibility index (Phi) is 3.94. The maximum atomic E-state index is 11.9. The van der Waals surface area contributed by atoms with Crippen molar-refractivity contribution in [1.82, 2.24) is 0 Å². The molecule has 2 unspecified atom stereocenters. The molecule has 1 aromatic rings. The zero-order chi connectivity index (χ0) is 14.9. The van der Waals surface area contributed by atoms with Gasteiger partial charge < -0.3 is 21.1 Å². The molecule has 0 saturated carbocycles. The molecule has 0 aromatic heterocycles. The molecule has 1 aliphatic heterocycles. The summed E-state index contributed by atoms with van der Waals surface area (Å²) >= 11 is 0. The molecule has 0 radical (unpaired) electrons. The zero-order valence-electron chi connectivity index (χ0n) is 11.8. The Bertz CT molecular complexity index is 542. The fraction of sp³-hybridized carbons (Fsp3) is 0.429. The summed E-state index contributed by atoms with van der Waals surface area (Å²) < 4.78 is 5.44. The molecule has 1 heterocycles. The maximum absolute atomic E-state index is 11.9. The van der Waals surface area contributed by atoms with Crippen LogP contribution >= 0.6 is 0 Å². The Balaban J connectivity index is 2.14. The summed E-state index contributed by atoms with van der Waals surface area (Å²) in [6.07, 6.45) is -0.516. The van der Waals surface area contributed by atoms with E-state index >= 15 is 0 Å². The summed E-state index contributed by atoms with van der Waals surface area (Å²) in [6.45, 7) is 5.44. The van der Waals surface area contributed by atoms with Crippen molar-refractivity contribution >= 4 is 23.2 Å². The van der Waals surface area contributed by atoms with Crippen molar-refractivity contribution in [1.29, 1.82) is 0 Å².